The number of hydrogen-bond donors (Lipinski definition) is 5. The molecular weight excluding hydrogens is 784 g/mol. The fourth-order valence-electron chi connectivity index (χ4n) is 11.5. The van der Waals surface area contributed by atoms with E-state index in [4.69, 9.17) is 9.90 Å². The zero-order chi connectivity index (χ0) is 42.9. The van der Waals surface area contributed by atoms with Crippen LogP contribution in [0.1, 0.15) is 149 Å². The van der Waals surface area contributed by atoms with Gasteiger partial charge in [-0.1, -0.05) is 48.5 Å². The van der Waals surface area contributed by atoms with E-state index in [2.05, 4.69) is 91.5 Å². The molecule has 2 aromatic carbocycles. The molecule has 2 saturated carbocycles. The zero-order valence-electron chi connectivity index (χ0n) is 35.9. The van der Waals surface area contributed by atoms with Crippen LogP contribution in [0.25, 0.3) is 0 Å². The predicted octanol–water partition coefficient (Wildman–Crippen LogP) is 8.61. The summed E-state index contributed by atoms with van der Waals surface area (Å²) in [4.78, 5) is 42.0. The number of urea groups is 2. The molecule has 2 saturated heterocycles. The maximum absolute atomic E-state index is 12.6. The Hall–Kier alpha value is -3.88. The van der Waals surface area contributed by atoms with Crippen molar-refractivity contribution in [3.8, 4) is 0 Å². The molecule has 0 aromatic heterocycles. The van der Waals surface area contributed by atoms with Crippen molar-refractivity contribution in [3.05, 3.63) is 70.8 Å². The van der Waals surface area contributed by atoms with E-state index in [0.29, 0.717) is 49.3 Å². The SMILES string of the molecule is CN(CCCNC(=O)NC1CCC(CCN2C3CC[C@@H]2c2ccccc23)CC1)CCCNC(=O)NC1CCC(CCN2[C@@H]3CC[C@H]2c2ccccc23)CC1.O=C(O)C(F)(F)F. The highest BCUT2D eigenvalue weighted by molar-refractivity contribution is 5.74. The quantitative estimate of drug-likeness (QED) is 0.107. The van der Waals surface area contributed by atoms with Crippen molar-refractivity contribution in [2.45, 2.75) is 145 Å². The molecule has 1 unspecified atom stereocenters. The van der Waals surface area contributed by atoms with Gasteiger partial charge < -0.3 is 31.3 Å². The van der Waals surface area contributed by atoms with Crippen LogP contribution in [0.2, 0.25) is 0 Å². The fraction of sp³-hybridized carbons (Fsp3) is 0.681. The number of aliphatic carboxylic acids is 1. The molecule has 61 heavy (non-hydrogen) atoms. The van der Waals surface area contributed by atoms with Gasteiger partial charge >= 0.3 is 24.2 Å². The van der Waals surface area contributed by atoms with Crippen LogP contribution in [0.4, 0.5) is 22.8 Å². The van der Waals surface area contributed by atoms with E-state index < -0.39 is 12.1 Å². The third-order valence-electron chi connectivity index (χ3n) is 14.7. The van der Waals surface area contributed by atoms with Crippen LogP contribution in [0.3, 0.4) is 0 Å². The minimum Gasteiger partial charge on any atom is -0.475 e. The molecule has 4 amide bonds. The molecule has 336 valence electrons. The summed E-state index contributed by atoms with van der Waals surface area (Å²) in [5.74, 6) is -1.19. The van der Waals surface area contributed by atoms with E-state index in [0.717, 1.165) is 63.5 Å². The van der Waals surface area contributed by atoms with E-state index in [1.807, 2.05) is 0 Å². The first kappa shape index (κ1) is 45.2. The lowest BCUT2D eigenvalue weighted by Crippen LogP contribution is -2.44. The largest absolute Gasteiger partial charge is 0.490 e. The first-order chi connectivity index (χ1) is 29.4. The number of halogens is 3. The maximum atomic E-state index is 12.6. The van der Waals surface area contributed by atoms with Gasteiger partial charge in [0.15, 0.2) is 0 Å². The van der Waals surface area contributed by atoms with Crippen molar-refractivity contribution in [3.63, 3.8) is 0 Å². The predicted molar refractivity (Wildman–Crippen MR) is 230 cm³/mol. The Balaban J connectivity index is 0.000000739. The molecule has 0 radical (unpaired) electrons. The summed E-state index contributed by atoms with van der Waals surface area (Å²) in [5.41, 5.74) is 6.32. The average molecular weight is 852 g/mol. The van der Waals surface area contributed by atoms with E-state index in [1.165, 1.54) is 77.3 Å². The van der Waals surface area contributed by atoms with Gasteiger partial charge in [-0.25, -0.2) is 14.4 Å². The summed E-state index contributed by atoms with van der Waals surface area (Å²) in [6.07, 6.45) is 13.9. The smallest absolute Gasteiger partial charge is 0.475 e. The van der Waals surface area contributed by atoms with Crippen molar-refractivity contribution in [1.82, 2.24) is 36.0 Å². The van der Waals surface area contributed by atoms with Gasteiger partial charge in [0.25, 0.3) is 0 Å². The molecule has 11 nitrogen and oxygen atoms in total. The van der Waals surface area contributed by atoms with Gasteiger partial charge in [0.05, 0.1) is 0 Å². The normalized spacial score (nSPS) is 27.8. The van der Waals surface area contributed by atoms with Crippen LogP contribution < -0.4 is 21.3 Å². The Labute approximate surface area is 359 Å². The molecule has 2 aromatic rings. The molecule has 6 aliphatic rings. The second-order valence-electron chi connectivity index (χ2n) is 18.6. The average Bonchev–Trinajstić information content (AvgIpc) is 4.02. The molecule has 14 heteroatoms. The minimum absolute atomic E-state index is 0.0173. The van der Waals surface area contributed by atoms with E-state index in [9.17, 15) is 22.8 Å². The summed E-state index contributed by atoms with van der Waals surface area (Å²) in [6, 6.07) is 21.3. The first-order valence-electron chi connectivity index (χ1n) is 23.2. The van der Waals surface area contributed by atoms with Crippen LogP contribution in [0.5, 0.6) is 0 Å². The van der Waals surface area contributed by atoms with Crippen LogP contribution in [0, 0.1) is 11.8 Å². The summed E-state index contributed by atoms with van der Waals surface area (Å²) < 4.78 is 31.7. The van der Waals surface area contributed by atoms with Crippen molar-refractivity contribution < 1.29 is 32.7 Å². The third kappa shape index (κ3) is 11.8. The van der Waals surface area contributed by atoms with Gasteiger partial charge in [0.1, 0.15) is 0 Å². The molecule has 4 fully saturated rings. The molecule has 4 bridgehead atoms. The monoisotopic (exact) mass is 852 g/mol. The molecule has 5 N–H and O–H groups in total. The van der Waals surface area contributed by atoms with Gasteiger partial charge in [-0.2, -0.15) is 13.2 Å². The summed E-state index contributed by atoms with van der Waals surface area (Å²) >= 11 is 0. The van der Waals surface area contributed by atoms with E-state index in [-0.39, 0.29) is 12.1 Å². The molecule has 4 aliphatic heterocycles. The summed E-state index contributed by atoms with van der Waals surface area (Å²) in [7, 11) is 2.12. The highest BCUT2D eigenvalue weighted by Gasteiger charge is 2.44. The Morgan fingerprint density at radius 3 is 1.25 bits per heavy atom. The zero-order valence-corrected chi connectivity index (χ0v) is 35.9. The number of carboxylic acids is 1. The Morgan fingerprint density at radius 1 is 0.607 bits per heavy atom. The van der Waals surface area contributed by atoms with E-state index in [1.54, 1.807) is 22.3 Å². The number of amides is 4. The van der Waals surface area contributed by atoms with Gasteiger partial charge in [-0.05, 0) is 170 Å². The standard InChI is InChI=1S/C45H67N7O2.C2HF3O2/c1-50(28-6-26-46-44(53)48-34-16-12-32(13-17-34)24-30-51-40-20-21-41(51)37-9-3-2-8-36(37)40)29-7-27-47-45(54)49-35-18-14-33(15-19-35)25-31-52-42-22-23-43(52)39-11-5-4-10-38(39)42;3-2(4,5)1(6)7/h2-5,8-11,32-35,40-43H,6-7,12-31H2,1H3,(H2,46,48,53)(H2,47,49,54);(H,6,7)/t32?,33?,34?,35?,40-,41+,42-,43?;/m1./s1. The number of benzene rings is 2. The molecule has 4 atom stereocenters. The van der Waals surface area contributed by atoms with Crippen molar-refractivity contribution in [2.75, 3.05) is 46.3 Å². The Morgan fingerprint density at radius 2 is 0.934 bits per heavy atom. The van der Waals surface area contributed by atoms with Crippen LogP contribution in [0.15, 0.2) is 48.5 Å². The van der Waals surface area contributed by atoms with Crippen molar-refractivity contribution >= 4 is 18.0 Å². The lowest BCUT2D eigenvalue weighted by molar-refractivity contribution is -0.192. The van der Waals surface area contributed by atoms with Gasteiger partial charge in [0.2, 0.25) is 0 Å². The number of carboxylic acid groups (broad SMARTS) is 1. The number of alkyl halides is 3. The lowest BCUT2D eigenvalue weighted by Gasteiger charge is -2.31. The molecule has 2 aliphatic carbocycles. The Bertz CT molecular complexity index is 1590. The number of fused-ring (bicyclic) bond motifs is 10. The summed E-state index contributed by atoms with van der Waals surface area (Å²) in [5, 5.41) is 19.8. The number of hydrogen-bond acceptors (Lipinski definition) is 6. The second-order valence-corrected chi connectivity index (χ2v) is 18.6. The second kappa shape index (κ2) is 21.0. The topological polar surface area (TPSA) is 129 Å². The van der Waals surface area contributed by atoms with Gasteiger partial charge in [-0.3, -0.25) is 9.80 Å². The molecule has 8 rings (SSSR count). The molecular formula is C47H68F3N7O4. The highest BCUT2D eigenvalue weighted by atomic mass is 19.4. The minimum atomic E-state index is -5.08. The number of carbonyl (C=O) groups excluding carboxylic acids is 2. The summed E-state index contributed by atoms with van der Waals surface area (Å²) in [6.45, 7) is 5.65. The molecule has 0 spiro atoms. The number of carbonyl (C=O) groups is 3. The number of rotatable bonds is 16. The lowest BCUT2D eigenvalue weighted by atomic mass is 9.84. The van der Waals surface area contributed by atoms with Crippen molar-refractivity contribution in [2.24, 2.45) is 11.8 Å². The fourth-order valence-corrected chi connectivity index (χ4v) is 11.5. The van der Waals surface area contributed by atoms with Crippen molar-refractivity contribution in [1.29, 1.82) is 0 Å². The van der Waals surface area contributed by atoms with Crippen LogP contribution >= 0.6 is 0 Å². The number of nitrogens with zero attached hydrogens (tertiary/aromatic N) is 3. The van der Waals surface area contributed by atoms with Gasteiger partial charge in [0, 0.05) is 49.3 Å². The Kier molecular flexibility index (Phi) is 15.5. The third-order valence-corrected chi connectivity index (χ3v) is 14.7. The first-order valence-corrected chi connectivity index (χ1v) is 23.2. The number of nitrogens with one attached hydrogen (secondary N) is 4. The maximum Gasteiger partial charge on any atom is 0.490 e. The van der Waals surface area contributed by atoms with Crippen LogP contribution in [-0.4, -0.2) is 102 Å². The van der Waals surface area contributed by atoms with E-state index >= 15 is 0 Å². The van der Waals surface area contributed by atoms with Gasteiger partial charge in [-0.15, -0.1) is 0 Å². The van der Waals surface area contributed by atoms with Crippen LogP contribution in [-0.2, 0) is 4.79 Å². The molecule has 4 heterocycles. The highest BCUT2D eigenvalue weighted by Crippen LogP contribution is 2.54.